The minimum atomic E-state index is -0.813. The van der Waals surface area contributed by atoms with E-state index in [0.717, 1.165) is 0 Å². The van der Waals surface area contributed by atoms with Crippen molar-refractivity contribution in [1.82, 2.24) is 14.9 Å². The number of rotatable bonds is 6. The van der Waals surface area contributed by atoms with Crippen molar-refractivity contribution >= 4 is 16.8 Å². The highest BCUT2D eigenvalue weighted by Gasteiger charge is 2.24. The smallest absolute Gasteiger partial charge is 0.287 e. The van der Waals surface area contributed by atoms with E-state index in [9.17, 15) is 14.7 Å². The van der Waals surface area contributed by atoms with Crippen LogP contribution < -0.4 is 10.9 Å². The second-order valence-electron chi connectivity index (χ2n) is 5.90. The van der Waals surface area contributed by atoms with Crippen LogP contribution in [0, 0.1) is 0 Å². The molecule has 7 heteroatoms. The second kappa shape index (κ2) is 6.89. The largest absolute Gasteiger partial charge is 0.394 e. The topological polar surface area (TPSA) is 93.4 Å². The number of aromatic nitrogens is 2. The molecule has 0 saturated heterocycles. The summed E-state index contributed by atoms with van der Waals surface area (Å²) in [5, 5.41) is 12.4. The Hall–Kier alpha value is -2.25. The highest BCUT2D eigenvalue weighted by atomic mass is 16.5. The van der Waals surface area contributed by atoms with E-state index in [1.807, 2.05) is 0 Å². The quantitative estimate of drug-likeness (QED) is 0.811. The summed E-state index contributed by atoms with van der Waals surface area (Å²) in [6, 6.07) is 6.87. The number of nitrogens with zero attached hydrogens (tertiary/aromatic N) is 2. The van der Waals surface area contributed by atoms with Crippen LogP contribution in [-0.4, -0.2) is 46.4 Å². The van der Waals surface area contributed by atoms with Crippen molar-refractivity contribution in [2.45, 2.75) is 25.9 Å². The van der Waals surface area contributed by atoms with Gasteiger partial charge in [0.05, 0.1) is 36.2 Å². The molecule has 23 heavy (non-hydrogen) atoms. The van der Waals surface area contributed by atoms with E-state index in [2.05, 4.69) is 10.3 Å². The van der Waals surface area contributed by atoms with Crippen LogP contribution in [0.15, 0.2) is 29.1 Å². The lowest BCUT2D eigenvalue weighted by molar-refractivity contribution is 0.0849. The van der Waals surface area contributed by atoms with E-state index >= 15 is 0 Å². The average molecular weight is 319 g/mol. The van der Waals surface area contributed by atoms with Crippen LogP contribution in [0.5, 0.6) is 0 Å². The highest BCUT2D eigenvalue weighted by molar-refractivity contribution is 5.93. The van der Waals surface area contributed by atoms with Gasteiger partial charge in [-0.3, -0.25) is 14.2 Å². The third kappa shape index (κ3) is 3.75. The number of amides is 1. The third-order valence-electron chi connectivity index (χ3n) is 3.43. The first-order valence-electron chi connectivity index (χ1n) is 7.31. The summed E-state index contributed by atoms with van der Waals surface area (Å²) >= 11 is 0. The highest BCUT2D eigenvalue weighted by Crippen LogP contribution is 2.09. The Kier molecular flexibility index (Phi) is 5.12. The van der Waals surface area contributed by atoms with Crippen molar-refractivity contribution in [3.05, 3.63) is 40.4 Å². The van der Waals surface area contributed by atoms with Gasteiger partial charge in [-0.1, -0.05) is 12.1 Å². The van der Waals surface area contributed by atoms with Gasteiger partial charge in [-0.05, 0) is 26.0 Å². The lowest BCUT2D eigenvalue weighted by atomic mass is 10.1. The SMILES string of the molecule is COCCn1c(C(=O)NC(C)(C)CO)nc2ccccc2c1=O. The number of hydrogen-bond donors (Lipinski definition) is 2. The summed E-state index contributed by atoms with van der Waals surface area (Å²) in [7, 11) is 1.52. The summed E-state index contributed by atoms with van der Waals surface area (Å²) in [5.74, 6) is -0.504. The minimum absolute atomic E-state index is 0.00674. The van der Waals surface area contributed by atoms with Crippen molar-refractivity contribution in [3.8, 4) is 0 Å². The third-order valence-corrected chi connectivity index (χ3v) is 3.43. The minimum Gasteiger partial charge on any atom is -0.394 e. The number of nitrogens with one attached hydrogen (secondary N) is 1. The average Bonchev–Trinajstić information content (AvgIpc) is 2.53. The fraction of sp³-hybridized carbons (Fsp3) is 0.438. The molecule has 0 atom stereocenters. The summed E-state index contributed by atoms with van der Waals surface area (Å²) in [4.78, 5) is 29.5. The lowest BCUT2D eigenvalue weighted by Crippen LogP contribution is -2.48. The number of hydrogen-bond acceptors (Lipinski definition) is 5. The Labute approximate surface area is 133 Å². The van der Waals surface area contributed by atoms with Crippen molar-refractivity contribution < 1.29 is 14.6 Å². The molecule has 2 aromatic rings. The fourth-order valence-corrected chi connectivity index (χ4v) is 2.13. The van der Waals surface area contributed by atoms with E-state index in [1.165, 1.54) is 11.7 Å². The molecule has 0 saturated carbocycles. The molecule has 1 heterocycles. The first-order chi connectivity index (χ1) is 10.9. The molecule has 0 radical (unpaired) electrons. The molecule has 1 aromatic carbocycles. The number of methoxy groups -OCH3 is 1. The van der Waals surface area contributed by atoms with Gasteiger partial charge in [-0.15, -0.1) is 0 Å². The van der Waals surface area contributed by atoms with Gasteiger partial charge in [0.1, 0.15) is 0 Å². The van der Waals surface area contributed by atoms with Gasteiger partial charge in [-0.2, -0.15) is 0 Å². The zero-order valence-electron chi connectivity index (χ0n) is 13.5. The van der Waals surface area contributed by atoms with Crippen LogP contribution in [0.2, 0.25) is 0 Å². The zero-order chi connectivity index (χ0) is 17.0. The fourth-order valence-electron chi connectivity index (χ4n) is 2.13. The number of para-hydroxylation sites is 1. The Balaban J connectivity index is 2.56. The van der Waals surface area contributed by atoms with Gasteiger partial charge in [0.25, 0.3) is 11.5 Å². The number of carbonyl (C=O) groups is 1. The molecule has 0 bridgehead atoms. The second-order valence-corrected chi connectivity index (χ2v) is 5.90. The van der Waals surface area contributed by atoms with Crippen LogP contribution in [0.1, 0.15) is 24.5 Å². The zero-order valence-corrected chi connectivity index (χ0v) is 13.5. The van der Waals surface area contributed by atoms with Crippen LogP contribution in [-0.2, 0) is 11.3 Å². The molecule has 2 rings (SSSR count). The Morgan fingerprint density at radius 2 is 2.09 bits per heavy atom. The number of fused-ring (bicyclic) bond motifs is 1. The Bertz CT molecular complexity index is 767. The van der Waals surface area contributed by atoms with Crippen LogP contribution in [0.4, 0.5) is 0 Å². The Morgan fingerprint density at radius 3 is 2.74 bits per heavy atom. The predicted molar refractivity (Wildman–Crippen MR) is 86.5 cm³/mol. The molecule has 1 amide bonds. The molecule has 0 spiro atoms. The van der Waals surface area contributed by atoms with Gasteiger partial charge in [0.2, 0.25) is 5.82 Å². The molecule has 7 nitrogen and oxygen atoms in total. The summed E-state index contributed by atoms with van der Waals surface area (Å²) in [6.45, 7) is 3.64. The van der Waals surface area contributed by atoms with Gasteiger partial charge < -0.3 is 15.2 Å². The van der Waals surface area contributed by atoms with E-state index < -0.39 is 11.4 Å². The van der Waals surface area contributed by atoms with E-state index in [0.29, 0.717) is 10.9 Å². The maximum absolute atomic E-state index is 12.6. The Morgan fingerprint density at radius 1 is 1.39 bits per heavy atom. The maximum atomic E-state index is 12.6. The predicted octanol–water partition coefficient (Wildman–Crippen LogP) is 0.544. The van der Waals surface area contributed by atoms with Crippen LogP contribution in [0.25, 0.3) is 10.9 Å². The monoisotopic (exact) mass is 319 g/mol. The first kappa shape index (κ1) is 17.1. The normalized spacial score (nSPS) is 11.7. The standard InChI is InChI=1S/C16H21N3O4/c1-16(2,10-20)18-14(21)13-17-12-7-5-4-6-11(12)15(22)19(13)8-9-23-3/h4-7,20H,8-10H2,1-3H3,(H,18,21). The van der Waals surface area contributed by atoms with E-state index in [-0.39, 0.29) is 31.1 Å². The van der Waals surface area contributed by atoms with Gasteiger partial charge >= 0.3 is 0 Å². The van der Waals surface area contributed by atoms with E-state index in [4.69, 9.17) is 4.74 Å². The van der Waals surface area contributed by atoms with Gasteiger partial charge in [0, 0.05) is 7.11 Å². The lowest BCUT2D eigenvalue weighted by Gasteiger charge is -2.24. The maximum Gasteiger partial charge on any atom is 0.287 e. The summed E-state index contributed by atoms with van der Waals surface area (Å²) in [6.07, 6.45) is 0. The van der Waals surface area contributed by atoms with Crippen molar-refractivity contribution in [2.75, 3.05) is 20.3 Å². The van der Waals surface area contributed by atoms with Gasteiger partial charge in [0.15, 0.2) is 0 Å². The van der Waals surface area contributed by atoms with Crippen LogP contribution in [0.3, 0.4) is 0 Å². The summed E-state index contributed by atoms with van der Waals surface area (Å²) < 4.78 is 6.31. The summed E-state index contributed by atoms with van der Waals surface area (Å²) in [5.41, 5.74) is -0.648. The van der Waals surface area contributed by atoms with E-state index in [1.54, 1.807) is 38.1 Å². The number of carbonyl (C=O) groups excluding carboxylic acids is 1. The molecule has 0 aliphatic rings. The van der Waals surface area contributed by atoms with Crippen molar-refractivity contribution in [2.24, 2.45) is 0 Å². The molecule has 0 aliphatic carbocycles. The molecule has 0 aliphatic heterocycles. The molecule has 1 aromatic heterocycles. The number of ether oxygens (including phenoxy) is 1. The molecule has 2 N–H and O–H groups in total. The molecule has 0 fully saturated rings. The number of benzene rings is 1. The first-order valence-corrected chi connectivity index (χ1v) is 7.31. The molecular formula is C16H21N3O4. The van der Waals surface area contributed by atoms with Crippen molar-refractivity contribution in [1.29, 1.82) is 0 Å². The van der Waals surface area contributed by atoms with Crippen LogP contribution >= 0.6 is 0 Å². The number of aliphatic hydroxyl groups is 1. The number of aliphatic hydroxyl groups excluding tert-OH is 1. The van der Waals surface area contributed by atoms with Gasteiger partial charge in [-0.25, -0.2) is 4.98 Å². The molecule has 0 unspecified atom stereocenters. The molecule has 124 valence electrons. The van der Waals surface area contributed by atoms with Crippen molar-refractivity contribution in [3.63, 3.8) is 0 Å². The molecular weight excluding hydrogens is 298 g/mol.